The van der Waals surface area contributed by atoms with Crippen LogP contribution in [0, 0.1) is 0 Å². The van der Waals surface area contributed by atoms with E-state index in [1.54, 1.807) is 0 Å². The second kappa shape index (κ2) is 6.61. The van der Waals surface area contributed by atoms with E-state index >= 15 is 0 Å². The number of benzene rings is 2. The molecule has 0 atom stereocenters. The predicted octanol–water partition coefficient (Wildman–Crippen LogP) is 3.93. The molecule has 2 nitrogen and oxygen atoms in total. The van der Waals surface area contributed by atoms with Crippen LogP contribution in [0.2, 0.25) is 0 Å². The standard InChI is InChI=1S/C14H16N2S2/c15-13-5-1-3-11(7-13)9-17-18-10-12-4-2-6-14(16)8-12/h1-8H,9-10,15-16H2. The molecule has 0 unspecified atom stereocenters. The maximum Gasteiger partial charge on any atom is 0.0317 e. The molecule has 0 spiro atoms. The summed E-state index contributed by atoms with van der Waals surface area (Å²) in [7, 11) is 3.67. The third-order valence-electron chi connectivity index (χ3n) is 2.44. The van der Waals surface area contributed by atoms with Crippen molar-refractivity contribution in [3.8, 4) is 0 Å². The summed E-state index contributed by atoms with van der Waals surface area (Å²) in [5, 5.41) is 0. The monoisotopic (exact) mass is 276 g/mol. The van der Waals surface area contributed by atoms with Crippen LogP contribution in [0.1, 0.15) is 11.1 Å². The van der Waals surface area contributed by atoms with Gasteiger partial charge in [0.05, 0.1) is 0 Å². The Morgan fingerprint density at radius 1 is 0.722 bits per heavy atom. The zero-order chi connectivity index (χ0) is 12.8. The molecular formula is C14H16N2S2. The summed E-state index contributed by atoms with van der Waals surface area (Å²) in [4.78, 5) is 0. The van der Waals surface area contributed by atoms with E-state index in [9.17, 15) is 0 Å². The van der Waals surface area contributed by atoms with Crippen molar-refractivity contribution in [2.45, 2.75) is 11.5 Å². The summed E-state index contributed by atoms with van der Waals surface area (Å²) in [5.41, 5.74) is 15.7. The summed E-state index contributed by atoms with van der Waals surface area (Å²) in [6, 6.07) is 16.1. The van der Waals surface area contributed by atoms with Gasteiger partial charge in [-0.05, 0) is 35.4 Å². The molecule has 2 aromatic carbocycles. The average Bonchev–Trinajstić information content (AvgIpc) is 2.35. The molecule has 0 radical (unpaired) electrons. The lowest BCUT2D eigenvalue weighted by Crippen LogP contribution is -1.87. The first-order valence-corrected chi connectivity index (χ1v) is 8.16. The van der Waals surface area contributed by atoms with Gasteiger partial charge in [0.25, 0.3) is 0 Å². The fourth-order valence-corrected chi connectivity index (χ4v) is 3.70. The van der Waals surface area contributed by atoms with Crippen molar-refractivity contribution < 1.29 is 0 Å². The van der Waals surface area contributed by atoms with Gasteiger partial charge in [0.1, 0.15) is 0 Å². The van der Waals surface area contributed by atoms with Crippen molar-refractivity contribution in [2.24, 2.45) is 0 Å². The minimum Gasteiger partial charge on any atom is -0.399 e. The van der Waals surface area contributed by atoms with Gasteiger partial charge in [-0.2, -0.15) is 0 Å². The maximum atomic E-state index is 5.74. The van der Waals surface area contributed by atoms with E-state index in [1.165, 1.54) is 11.1 Å². The molecule has 0 bridgehead atoms. The van der Waals surface area contributed by atoms with Crippen LogP contribution in [0.3, 0.4) is 0 Å². The molecule has 0 saturated carbocycles. The van der Waals surface area contributed by atoms with Gasteiger partial charge in [0, 0.05) is 22.9 Å². The minimum atomic E-state index is 0.828. The average molecular weight is 276 g/mol. The van der Waals surface area contributed by atoms with Gasteiger partial charge in [0.15, 0.2) is 0 Å². The molecule has 2 rings (SSSR count). The van der Waals surface area contributed by atoms with E-state index < -0.39 is 0 Å². The van der Waals surface area contributed by atoms with Gasteiger partial charge in [-0.15, -0.1) is 0 Å². The molecule has 4 N–H and O–H groups in total. The van der Waals surface area contributed by atoms with Crippen molar-refractivity contribution >= 4 is 33.0 Å². The van der Waals surface area contributed by atoms with Crippen molar-refractivity contribution in [1.29, 1.82) is 0 Å². The van der Waals surface area contributed by atoms with Crippen LogP contribution in [0.25, 0.3) is 0 Å². The molecule has 94 valence electrons. The number of rotatable bonds is 5. The molecule has 0 aromatic heterocycles. The molecule has 0 aliphatic carbocycles. The first-order valence-electron chi connectivity index (χ1n) is 5.67. The van der Waals surface area contributed by atoms with Gasteiger partial charge in [-0.25, -0.2) is 0 Å². The molecule has 4 heteroatoms. The SMILES string of the molecule is Nc1cccc(CSSCc2cccc(N)c2)c1. The first-order chi connectivity index (χ1) is 8.74. The molecule has 0 saturated heterocycles. The Labute approximate surface area is 116 Å². The highest BCUT2D eigenvalue weighted by atomic mass is 33.1. The molecule has 0 heterocycles. The number of hydrogen-bond donors (Lipinski definition) is 2. The van der Waals surface area contributed by atoms with Crippen LogP contribution in [-0.2, 0) is 11.5 Å². The second-order valence-electron chi connectivity index (χ2n) is 4.01. The third-order valence-corrected chi connectivity index (χ3v) is 4.71. The fraction of sp³-hybridized carbons (Fsp3) is 0.143. The predicted molar refractivity (Wildman–Crippen MR) is 84.3 cm³/mol. The van der Waals surface area contributed by atoms with Crippen molar-refractivity contribution in [2.75, 3.05) is 11.5 Å². The Bertz CT molecular complexity index is 467. The molecule has 0 fully saturated rings. The molecular weight excluding hydrogens is 260 g/mol. The van der Waals surface area contributed by atoms with Crippen molar-refractivity contribution in [3.63, 3.8) is 0 Å². The van der Waals surface area contributed by atoms with E-state index in [4.69, 9.17) is 11.5 Å². The third kappa shape index (κ3) is 4.20. The van der Waals surface area contributed by atoms with Crippen LogP contribution < -0.4 is 11.5 Å². The van der Waals surface area contributed by atoms with Crippen LogP contribution in [0.15, 0.2) is 48.5 Å². The lowest BCUT2D eigenvalue weighted by molar-refractivity contribution is 1.42. The number of nitrogens with two attached hydrogens (primary N) is 2. The van der Waals surface area contributed by atoms with Gasteiger partial charge < -0.3 is 11.5 Å². The highest BCUT2D eigenvalue weighted by Gasteiger charge is 1.97. The second-order valence-corrected chi connectivity index (χ2v) is 6.48. The normalized spacial score (nSPS) is 10.4. The molecule has 0 amide bonds. The lowest BCUT2D eigenvalue weighted by atomic mass is 10.2. The maximum absolute atomic E-state index is 5.74. The number of nitrogen functional groups attached to an aromatic ring is 2. The van der Waals surface area contributed by atoms with E-state index in [0.717, 1.165) is 22.9 Å². The zero-order valence-electron chi connectivity index (χ0n) is 10.0. The first kappa shape index (κ1) is 13.2. The molecule has 18 heavy (non-hydrogen) atoms. The largest absolute Gasteiger partial charge is 0.399 e. The summed E-state index contributed by atoms with van der Waals surface area (Å²) >= 11 is 0. The fourth-order valence-electron chi connectivity index (χ4n) is 1.59. The van der Waals surface area contributed by atoms with Gasteiger partial charge in [0.2, 0.25) is 0 Å². The summed E-state index contributed by atoms with van der Waals surface area (Å²) < 4.78 is 0. The molecule has 0 aliphatic heterocycles. The highest BCUT2D eigenvalue weighted by Crippen LogP contribution is 2.30. The van der Waals surface area contributed by atoms with Crippen molar-refractivity contribution in [1.82, 2.24) is 0 Å². The summed E-state index contributed by atoms with van der Waals surface area (Å²) in [6.45, 7) is 0. The smallest absolute Gasteiger partial charge is 0.0317 e. The van der Waals surface area contributed by atoms with Gasteiger partial charge in [-0.1, -0.05) is 45.9 Å². The van der Waals surface area contributed by atoms with Crippen LogP contribution in [0.4, 0.5) is 11.4 Å². The topological polar surface area (TPSA) is 52.0 Å². The number of hydrogen-bond acceptors (Lipinski definition) is 4. The van der Waals surface area contributed by atoms with Crippen LogP contribution >= 0.6 is 21.6 Å². The Morgan fingerprint density at radius 2 is 1.17 bits per heavy atom. The lowest BCUT2D eigenvalue weighted by Gasteiger charge is -2.03. The quantitative estimate of drug-likeness (QED) is 0.493. The highest BCUT2D eigenvalue weighted by molar-refractivity contribution is 8.76. The summed E-state index contributed by atoms with van der Waals surface area (Å²) in [5.74, 6) is 1.94. The van der Waals surface area contributed by atoms with E-state index in [1.807, 2.05) is 58.0 Å². The van der Waals surface area contributed by atoms with Crippen LogP contribution in [-0.4, -0.2) is 0 Å². The van der Waals surface area contributed by atoms with Crippen molar-refractivity contribution in [3.05, 3.63) is 59.7 Å². The van der Waals surface area contributed by atoms with E-state index in [0.29, 0.717) is 0 Å². The minimum absolute atomic E-state index is 0.828. The van der Waals surface area contributed by atoms with E-state index in [-0.39, 0.29) is 0 Å². The summed E-state index contributed by atoms with van der Waals surface area (Å²) in [6.07, 6.45) is 0. The molecule has 0 aliphatic rings. The Morgan fingerprint density at radius 3 is 1.56 bits per heavy atom. The Hall–Kier alpha value is -1.26. The Balaban J connectivity index is 1.76. The zero-order valence-corrected chi connectivity index (χ0v) is 11.6. The molecule has 2 aromatic rings. The van der Waals surface area contributed by atoms with E-state index in [2.05, 4.69) is 12.1 Å². The Kier molecular flexibility index (Phi) is 4.84. The number of anilines is 2. The van der Waals surface area contributed by atoms with Gasteiger partial charge >= 0.3 is 0 Å². The van der Waals surface area contributed by atoms with Gasteiger partial charge in [-0.3, -0.25) is 0 Å². The van der Waals surface area contributed by atoms with Crippen LogP contribution in [0.5, 0.6) is 0 Å².